The molecule has 0 aromatic rings. The molecule has 1 N–H and O–H groups in total. The van der Waals surface area contributed by atoms with Gasteiger partial charge in [-0.25, -0.2) is 4.79 Å². The normalized spacial score (nSPS) is 33.0. The van der Waals surface area contributed by atoms with Crippen LogP contribution in [-0.4, -0.2) is 52.1 Å². The van der Waals surface area contributed by atoms with Crippen LogP contribution in [0.1, 0.15) is 46.0 Å². The largest absolute Gasteiger partial charge is 0.481 e. The monoisotopic (exact) mass is 294 g/mol. The van der Waals surface area contributed by atoms with E-state index in [2.05, 4.69) is 13.8 Å². The molecule has 3 unspecified atom stereocenters. The second-order valence-electron chi connectivity index (χ2n) is 7.24. The van der Waals surface area contributed by atoms with E-state index in [1.807, 2.05) is 9.80 Å². The number of urea groups is 1. The lowest BCUT2D eigenvalue weighted by Gasteiger charge is -2.37. The second kappa shape index (κ2) is 5.50. The molecule has 118 valence electrons. The zero-order valence-corrected chi connectivity index (χ0v) is 13.0. The molecule has 0 radical (unpaired) electrons. The maximum Gasteiger partial charge on any atom is 0.320 e. The van der Waals surface area contributed by atoms with E-state index in [0.29, 0.717) is 12.3 Å². The summed E-state index contributed by atoms with van der Waals surface area (Å²) < 4.78 is 0. The molecule has 2 bridgehead atoms. The Bertz CT molecular complexity index is 429. The Morgan fingerprint density at radius 3 is 2.29 bits per heavy atom. The molecule has 3 saturated heterocycles. The smallest absolute Gasteiger partial charge is 0.320 e. The fourth-order valence-electron chi connectivity index (χ4n) is 4.47. The number of carboxylic acid groups (broad SMARTS) is 1. The fraction of sp³-hybridized carbons (Fsp3) is 0.875. The Hall–Kier alpha value is -1.26. The van der Waals surface area contributed by atoms with Gasteiger partial charge in [-0.15, -0.1) is 0 Å². The highest BCUT2D eigenvalue weighted by Crippen LogP contribution is 2.42. The van der Waals surface area contributed by atoms with Crippen LogP contribution in [0, 0.1) is 17.8 Å². The van der Waals surface area contributed by atoms with Crippen LogP contribution in [0.3, 0.4) is 0 Å². The predicted molar refractivity (Wildman–Crippen MR) is 78.9 cm³/mol. The summed E-state index contributed by atoms with van der Waals surface area (Å²) >= 11 is 0. The first kappa shape index (κ1) is 14.7. The number of fused-ring (bicyclic) bond motifs is 2. The molecule has 3 rings (SSSR count). The number of carbonyl (C=O) groups is 2. The third-order valence-electron chi connectivity index (χ3n) is 5.83. The van der Waals surface area contributed by atoms with Gasteiger partial charge in [-0.3, -0.25) is 4.79 Å². The van der Waals surface area contributed by atoms with Gasteiger partial charge in [-0.1, -0.05) is 13.8 Å². The van der Waals surface area contributed by atoms with Gasteiger partial charge in [-0.05, 0) is 43.9 Å². The average Bonchev–Trinajstić information content (AvgIpc) is 3.04. The minimum Gasteiger partial charge on any atom is -0.481 e. The molecule has 21 heavy (non-hydrogen) atoms. The molecule has 3 aliphatic heterocycles. The van der Waals surface area contributed by atoms with Crippen LogP contribution in [0.15, 0.2) is 0 Å². The first-order chi connectivity index (χ1) is 9.99. The van der Waals surface area contributed by atoms with E-state index < -0.39 is 5.97 Å². The summed E-state index contributed by atoms with van der Waals surface area (Å²) in [6.07, 6.45) is 4.64. The quantitative estimate of drug-likeness (QED) is 0.850. The lowest BCUT2D eigenvalue weighted by molar-refractivity contribution is -0.142. The van der Waals surface area contributed by atoms with Crippen LogP contribution in [0.4, 0.5) is 4.79 Å². The van der Waals surface area contributed by atoms with E-state index in [4.69, 9.17) is 0 Å². The summed E-state index contributed by atoms with van der Waals surface area (Å²) in [6, 6.07) is 0.183. The number of likely N-dealkylation sites (tertiary alicyclic amines) is 1. The van der Waals surface area contributed by atoms with Crippen molar-refractivity contribution in [2.75, 3.05) is 13.1 Å². The number of aliphatic carboxylic acids is 1. The summed E-state index contributed by atoms with van der Waals surface area (Å²) in [7, 11) is 0. The molecule has 5 heteroatoms. The fourth-order valence-corrected chi connectivity index (χ4v) is 4.47. The van der Waals surface area contributed by atoms with Crippen molar-refractivity contribution < 1.29 is 14.7 Å². The number of carboxylic acids is 1. The average molecular weight is 294 g/mol. The van der Waals surface area contributed by atoms with Gasteiger partial charge in [-0.2, -0.15) is 0 Å². The highest BCUT2D eigenvalue weighted by Gasteiger charge is 2.52. The van der Waals surface area contributed by atoms with E-state index in [9.17, 15) is 14.7 Å². The summed E-state index contributed by atoms with van der Waals surface area (Å²) in [5, 5.41) is 9.29. The van der Waals surface area contributed by atoms with Crippen LogP contribution in [0.25, 0.3) is 0 Å². The molecule has 0 aromatic heterocycles. The van der Waals surface area contributed by atoms with Crippen molar-refractivity contribution in [2.45, 2.75) is 58.0 Å². The van der Waals surface area contributed by atoms with Crippen LogP contribution >= 0.6 is 0 Å². The summed E-state index contributed by atoms with van der Waals surface area (Å²) in [6.45, 7) is 6.16. The molecule has 5 nitrogen and oxygen atoms in total. The van der Waals surface area contributed by atoms with Gasteiger partial charge in [0.15, 0.2) is 0 Å². The van der Waals surface area contributed by atoms with E-state index in [1.54, 1.807) is 0 Å². The Morgan fingerprint density at radius 1 is 1.10 bits per heavy atom. The van der Waals surface area contributed by atoms with E-state index in [-0.39, 0.29) is 24.0 Å². The molecule has 3 atom stereocenters. The SMILES string of the molecule is CC(C)C1CCN(C(=O)N2C3CCC2C(C(=O)O)C3)CC1. The van der Waals surface area contributed by atoms with Gasteiger partial charge >= 0.3 is 12.0 Å². The lowest BCUT2D eigenvalue weighted by atomic mass is 9.87. The van der Waals surface area contributed by atoms with Gasteiger partial charge in [0.2, 0.25) is 0 Å². The van der Waals surface area contributed by atoms with Gasteiger partial charge in [0.25, 0.3) is 0 Å². The first-order valence-corrected chi connectivity index (χ1v) is 8.29. The Balaban J connectivity index is 1.63. The predicted octanol–water partition coefficient (Wildman–Crippen LogP) is 2.41. The van der Waals surface area contributed by atoms with Crippen LogP contribution in [0.5, 0.6) is 0 Å². The summed E-state index contributed by atoms with van der Waals surface area (Å²) in [5.74, 6) is 0.317. The number of piperidine rings is 1. The van der Waals surface area contributed by atoms with Gasteiger partial charge in [0.05, 0.1) is 5.92 Å². The van der Waals surface area contributed by atoms with Gasteiger partial charge < -0.3 is 14.9 Å². The zero-order chi connectivity index (χ0) is 15.1. The maximum atomic E-state index is 12.8. The number of hydrogen-bond donors (Lipinski definition) is 1. The van der Waals surface area contributed by atoms with E-state index >= 15 is 0 Å². The topological polar surface area (TPSA) is 60.9 Å². The molecule has 0 aromatic carbocycles. The van der Waals surface area contributed by atoms with Crippen LogP contribution in [0.2, 0.25) is 0 Å². The van der Waals surface area contributed by atoms with Crippen molar-refractivity contribution in [1.82, 2.24) is 9.80 Å². The molecule has 0 aliphatic carbocycles. The number of hydrogen-bond acceptors (Lipinski definition) is 2. The minimum atomic E-state index is -0.737. The zero-order valence-electron chi connectivity index (χ0n) is 13.0. The summed E-state index contributed by atoms with van der Waals surface area (Å²) in [4.78, 5) is 27.9. The number of nitrogens with zero attached hydrogens (tertiary/aromatic N) is 2. The first-order valence-electron chi connectivity index (χ1n) is 8.29. The second-order valence-corrected chi connectivity index (χ2v) is 7.24. The van der Waals surface area contributed by atoms with Gasteiger partial charge in [0, 0.05) is 25.2 Å². The Morgan fingerprint density at radius 2 is 1.76 bits per heavy atom. The molecule has 0 spiro atoms. The highest BCUT2D eigenvalue weighted by molar-refractivity contribution is 5.79. The Labute approximate surface area is 126 Å². The van der Waals surface area contributed by atoms with Crippen LogP contribution < -0.4 is 0 Å². The van der Waals surface area contributed by atoms with Crippen molar-refractivity contribution in [1.29, 1.82) is 0 Å². The van der Waals surface area contributed by atoms with Crippen molar-refractivity contribution in [3.05, 3.63) is 0 Å². The van der Waals surface area contributed by atoms with Gasteiger partial charge in [0.1, 0.15) is 0 Å². The van der Waals surface area contributed by atoms with E-state index in [0.717, 1.165) is 44.7 Å². The lowest BCUT2D eigenvalue weighted by Crippen LogP contribution is -2.49. The Kier molecular flexibility index (Phi) is 3.84. The molecule has 0 saturated carbocycles. The third kappa shape index (κ3) is 2.51. The maximum absolute atomic E-state index is 12.8. The molecular formula is C16H26N2O3. The van der Waals surface area contributed by atoms with Crippen molar-refractivity contribution in [3.8, 4) is 0 Å². The van der Waals surface area contributed by atoms with Crippen molar-refractivity contribution in [2.24, 2.45) is 17.8 Å². The molecule has 3 fully saturated rings. The van der Waals surface area contributed by atoms with Crippen LogP contribution in [-0.2, 0) is 4.79 Å². The third-order valence-corrected chi connectivity index (χ3v) is 5.83. The number of amides is 2. The van der Waals surface area contributed by atoms with E-state index in [1.165, 1.54) is 0 Å². The molecule has 2 amide bonds. The molecule has 3 aliphatic rings. The van der Waals surface area contributed by atoms with Crippen molar-refractivity contribution in [3.63, 3.8) is 0 Å². The number of rotatable bonds is 2. The highest BCUT2D eigenvalue weighted by atomic mass is 16.4. The minimum absolute atomic E-state index is 0.0668. The summed E-state index contributed by atoms with van der Waals surface area (Å²) in [5.41, 5.74) is 0. The van der Waals surface area contributed by atoms with Crippen molar-refractivity contribution >= 4 is 12.0 Å². The molecular weight excluding hydrogens is 268 g/mol. The molecule has 3 heterocycles. The standard InChI is InChI=1S/C16H26N2O3/c1-10(2)11-5-7-17(8-6-11)16(21)18-12-3-4-14(18)13(9-12)15(19)20/h10-14H,3-9H2,1-2H3,(H,19,20). The number of carbonyl (C=O) groups excluding carboxylic acids is 1.